The lowest BCUT2D eigenvalue weighted by Gasteiger charge is -2.36. The van der Waals surface area contributed by atoms with Crippen molar-refractivity contribution in [2.45, 2.75) is 51.1 Å². The number of piperidine rings is 2. The van der Waals surface area contributed by atoms with E-state index in [1.807, 2.05) is 21.9 Å². The van der Waals surface area contributed by atoms with E-state index in [0.29, 0.717) is 25.0 Å². The van der Waals surface area contributed by atoms with Crippen molar-refractivity contribution in [1.29, 1.82) is 0 Å². The maximum absolute atomic E-state index is 12.9. The Labute approximate surface area is 173 Å². The zero-order valence-corrected chi connectivity index (χ0v) is 17.3. The van der Waals surface area contributed by atoms with Crippen LogP contribution in [-0.2, 0) is 11.3 Å². The molecule has 0 unspecified atom stereocenters. The smallest absolute Gasteiger partial charge is 0.253 e. The summed E-state index contributed by atoms with van der Waals surface area (Å²) in [5, 5.41) is 9.27. The molecule has 29 heavy (non-hydrogen) atoms. The van der Waals surface area contributed by atoms with Crippen LogP contribution in [0, 0.1) is 5.92 Å². The van der Waals surface area contributed by atoms with Gasteiger partial charge in [-0.3, -0.25) is 14.5 Å². The number of aliphatic hydroxyl groups excluding tert-OH is 1. The first kappa shape index (κ1) is 20.4. The number of benzene rings is 1. The fourth-order valence-electron chi connectivity index (χ4n) is 4.96. The van der Waals surface area contributed by atoms with Gasteiger partial charge in [-0.15, -0.1) is 0 Å². The van der Waals surface area contributed by atoms with E-state index in [0.717, 1.165) is 76.9 Å². The molecule has 3 fully saturated rings. The van der Waals surface area contributed by atoms with Gasteiger partial charge in [0.05, 0.1) is 0 Å². The summed E-state index contributed by atoms with van der Waals surface area (Å²) in [7, 11) is 0. The molecule has 158 valence electrons. The highest BCUT2D eigenvalue weighted by Gasteiger charge is 2.32. The number of hydrogen-bond acceptors (Lipinski definition) is 4. The van der Waals surface area contributed by atoms with E-state index in [2.05, 4.69) is 17.0 Å². The zero-order valence-electron chi connectivity index (χ0n) is 17.3. The Morgan fingerprint density at radius 2 is 1.66 bits per heavy atom. The second-order valence-corrected chi connectivity index (χ2v) is 8.81. The van der Waals surface area contributed by atoms with E-state index in [-0.39, 0.29) is 11.8 Å². The highest BCUT2D eigenvalue weighted by Crippen LogP contribution is 2.23. The molecule has 0 spiro atoms. The number of carbonyl (C=O) groups is 2. The van der Waals surface area contributed by atoms with E-state index in [1.165, 1.54) is 5.56 Å². The Balaban J connectivity index is 1.27. The standard InChI is InChI=1S/C23H33N3O3/c27-17-19-7-12-24(13-8-19)16-18-3-5-20(6-4-18)23(29)25-14-9-21(10-15-25)26-11-1-2-22(26)28/h3-6,19,21,27H,1-2,7-17H2. The van der Waals surface area contributed by atoms with Crippen LogP contribution >= 0.6 is 0 Å². The lowest BCUT2D eigenvalue weighted by atomic mass is 9.97. The van der Waals surface area contributed by atoms with Crippen LogP contribution in [-0.4, -0.2) is 77.0 Å². The molecule has 0 atom stereocenters. The van der Waals surface area contributed by atoms with Crippen LogP contribution in [0.25, 0.3) is 0 Å². The minimum Gasteiger partial charge on any atom is -0.396 e. The van der Waals surface area contributed by atoms with Crippen molar-refractivity contribution in [2.75, 3.05) is 39.3 Å². The Morgan fingerprint density at radius 3 is 2.24 bits per heavy atom. The average molecular weight is 400 g/mol. The summed E-state index contributed by atoms with van der Waals surface area (Å²) < 4.78 is 0. The maximum atomic E-state index is 12.9. The molecule has 0 aromatic heterocycles. The fourth-order valence-corrected chi connectivity index (χ4v) is 4.96. The molecule has 3 heterocycles. The maximum Gasteiger partial charge on any atom is 0.253 e. The Hall–Kier alpha value is -1.92. The molecule has 4 rings (SSSR count). The minimum atomic E-state index is 0.103. The summed E-state index contributed by atoms with van der Waals surface area (Å²) in [5.74, 6) is 0.844. The van der Waals surface area contributed by atoms with E-state index >= 15 is 0 Å². The van der Waals surface area contributed by atoms with Gasteiger partial charge in [-0.25, -0.2) is 0 Å². The molecule has 0 radical (unpaired) electrons. The molecule has 2 amide bonds. The first-order valence-corrected chi connectivity index (χ1v) is 11.1. The largest absolute Gasteiger partial charge is 0.396 e. The molecule has 3 saturated heterocycles. The summed E-state index contributed by atoms with van der Waals surface area (Å²) in [6.45, 7) is 5.61. The van der Waals surface area contributed by atoms with Gasteiger partial charge in [0, 0.05) is 50.8 Å². The monoisotopic (exact) mass is 399 g/mol. The van der Waals surface area contributed by atoms with Crippen molar-refractivity contribution in [3.05, 3.63) is 35.4 Å². The molecule has 6 nitrogen and oxygen atoms in total. The molecule has 1 N–H and O–H groups in total. The quantitative estimate of drug-likeness (QED) is 0.824. The van der Waals surface area contributed by atoms with Gasteiger partial charge in [0.2, 0.25) is 5.91 Å². The molecular formula is C23H33N3O3. The second kappa shape index (κ2) is 9.26. The third-order valence-electron chi connectivity index (χ3n) is 6.87. The molecular weight excluding hydrogens is 366 g/mol. The Bertz CT molecular complexity index is 705. The highest BCUT2D eigenvalue weighted by atomic mass is 16.3. The molecule has 3 aliphatic heterocycles. The Morgan fingerprint density at radius 1 is 0.966 bits per heavy atom. The topological polar surface area (TPSA) is 64.1 Å². The second-order valence-electron chi connectivity index (χ2n) is 8.81. The van der Waals surface area contributed by atoms with Gasteiger partial charge in [0.1, 0.15) is 0 Å². The van der Waals surface area contributed by atoms with E-state index < -0.39 is 0 Å². The predicted molar refractivity (Wildman–Crippen MR) is 111 cm³/mol. The van der Waals surface area contributed by atoms with E-state index in [1.54, 1.807) is 0 Å². The first-order chi connectivity index (χ1) is 14.1. The third kappa shape index (κ3) is 4.81. The summed E-state index contributed by atoms with van der Waals surface area (Å²) in [4.78, 5) is 31.2. The molecule has 3 aliphatic rings. The lowest BCUT2D eigenvalue weighted by Crippen LogP contribution is -2.47. The van der Waals surface area contributed by atoms with Crippen molar-refractivity contribution in [3.8, 4) is 0 Å². The number of amides is 2. The fraction of sp³-hybridized carbons (Fsp3) is 0.652. The van der Waals surface area contributed by atoms with Crippen molar-refractivity contribution in [1.82, 2.24) is 14.7 Å². The summed E-state index contributed by atoms with van der Waals surface area (Å²) in [6.07, 6.45) is 5.56. The normalized spacial score (nSPS) is 22.4. The van der Waals surface area contributed by atoms with Crippen molar-refractivity contribution in [3.63, 3.8) is 0 Å². The number of hydrogen-bond donors (Lipinski definition) is 1. The predicted octanol–water partition coefficient (Wildman–Crippen LogP) is 2.12. The molecule has 0 saturated carbocycles. The highest BCUT2D eigenvalue weighted by molar-refractivity contribution is 5.94. The first-order valence-electron chi connectivity index (χ1n) is 11.1. The average Bonchev–Trinajstić information content (AvgIpc) is 3.20. The number of aliphatic hydroxyl groups is 1. The van der Waals surface area contributed by atoms with Gasteiger partial charge >= 0.3 is 0 Å². The van der Waals surface area contributed by atoms with Gasteiger partial charge in [0.15, 0.2) is 0 Å². The van der Waals surface area contributed by atoms with Crippen LogP contribution in [0.4, 0.5) is 0 Å². The SMILES string of the molecule is O=C(c1ccc(CN2CCC(CO)CC2)cc1)N1CCC(N2CCCC2=O)CC1. The lowest BCUT2D eigenvalue weighted by molar-refractivity contribution is -0.130. The summed E-state index contributed by atoms with van der Waals surface area (Å²) in [5.41, 5.74) is 1.98. The van der Waals surface area contributed by atoms with Crippen LogP contribution in [0.2, 0.25) is 0 Å². The number of rotatable bonds is 5. The molecule has 0 aliphatic carbocycles. The van der Waals surface area contributed by atoms with Crippen LogP contribution in [0.15, 0.2) is 24.3 Å². The Kier molecular flexibility index (Phi) is 6.50. The molecule has 0 bridgehead atoms. The van der Waals surface area contributed by atoms with Gasteiger partial charge in [-0.05, 0) is 68.8 Å². The van der Waals surface area contributed by atoms with Crippen LogP contribution in [0.5, 0.6) is 0 Å². The molecule has 1 aromatic carbocycles. The van der Waals surface area contributed by atoms with Crippen LogP contribution in [0.3, 0.4) is 0 Å². The van der Waals surface area contributed by atoms with Crippen molar-refractivity contribution < 1.29 is 14.7 Å². The van der Waals surface area contributed by atoms with E-state index in [9.17, 15) is 14.7 Å². The third-order valence-corrected chi connectivity index (χ3v) is 6.87. The van der Waals surface area contributed by atoms with Gasteiger partial charge in [-0.1, -0.05) is 12.1 Å². The van der Waals surface area contributed by atoms with Crippen LogP contribution in [0.1, 0.15) is 54.4 Å². The minimum absolute atomic E-state index is 0.103. The number of nitrogens with zero attached hydrogens (tertiary/aromatic N) is 3. The van der Waals surface area contributed by atoms with E-state index in [4.69, 9.17) is 0 Å². The summed E-state index contributed by atoms with van der Waals surface area (Å²) >= 11 is 0. The summed E-state index contributed by atoms with van der Waals surface area (Å²) in [6, 6.07) is 8.36. The number of carbonyl (C=O) groups excluding carboxylic acids is 2. The molecule has 1 aromatic rings. The molecule has 6 heteroatoms. The van der Waals surface area contributed by atoms with Gasteiger partial charge in [0.25, 0.3) is 5.91 Å². The zero-order chi connectivity index (χ0) is 20.2. The number of likely N-dealkylation sites (tertiary alicyclic amines) is 3. The van der Waals surface area contributed by atoms with Gasteiger partial charge < -0.3 is 14.9 Å². The van der Waals surface area contributed by atoms with Gasteiger partial charge in [-0.2, -0.15) is 0 Å². The van der Waals surface area contributed by atoms with Crippen molar-refractivity contribution >= 4 is 11.8 Å². The van der Waals surface area contributed by atoms with Crippen molar-refractivity contribution in [2.24, 2.45) is 5.92 Å². The van der Waals surface area contributed by atoms with Crippen LogP contribution < -0.4 is 0 Å².